The number of hydrogen-bond acceptors (Lipinski definition) is 3. The van der Waals surface area contributed by atoms with E-state index in [0.29, 0.717) is 31.5 Å². The normalized spacial score (nSPS) is 15.0. The Balaban J connectivity index is 1.54. The minimum Gasteiger partial charge on any atom is -0.339 e. The van der Waals surface area contributed by atoms with E-state index >= 15 is 0 Å². The third-order valence-corrected chi connectivity index (χ3v) is 4.69. The van der Waals surface area contributed by atoms with Crippen LogP contribution in [0, 0.1) is 17.2 Å². The Kier molecular flexibility index (Phi) is 5.60. The highest BCUT2D eigenvalue weighted by Gasteiger charge is 2.27. The largest absolute Gasteiger partial charge is 0.339 e. The summed E-state index contributed by atoms with van der Waals surface area (Å²) in [6.07, 6.45) is 4.71. The van der Waals surface area contributed by atoms with Gasteiger partial charge in [0.25, 0.3) is 0 Å². The number of rotatable bonds is 4. The number of piperidine rings is 1. The van der Waals surface area contributed by atoms with Crippen LogP contribution in [-0.2, 0) is 4.79 Å². The van der Waals surface area contributed by atoms with E-state index in [4.69, 9.17) is 5.26 Å². The number of benzene rings is 2. The van der Waals surface area contributed by atoms with Crippen molar-refractivity contribution in [1.82, 2.24) is 4.90 Å². The van der Waals surface area contributed by atoms with Crippen LogP contribution in [0.5, 0.6) is 0 Å². The maximum atomic E-state index is 12.5. The third kappa shape index (κ3) is 4.25. The van der Waals surface area contributed by atoms with Crippen LogP contribution in [-0.4, -0.2) is 29.7 Å². The molecule has 4 heteroatoms. The molecule has 0 unspecified atom stereocenters. The lowest BCUT2D eigenvalue weighted by Gasteiger charge is -2.30. The molecule has 1 aliphatic heterocycles. The molecular weight excluding hydrogens is 324 g/mol. The lowest BCUT2D eigenvalue weighted by molar-refractivity contribution is -0.127. The monoisotopic (exact) mass is 344 g/mol. The summed E-state index contributed by atoms with van der Waals surface area (Å²) in [6, 6.07) is 18.5. The minimum absolute atomic E-state index is 0.0102. The number of ketones is 1. The molecule has 2 aromatic rings. The molecule has 0 radical (unpaired) electrons. The molecule has 1 amide bonds. The van der Waals surface area contributed by atoms with Crippen LogP contribution in [0.1, 0.15) is 34.3 Å². The second-order valence-corrected chi connectivity index (χ2v) is 6.40. The minimum atomic E-state index is -0.0417. The van der Waals surface area contributed by atoms with Gasteiger partial charge in [-0.2, -0.15) is 5.26 Å². The molecule has 0 aliphatic carbocycles. The fourth-order valence-corrected chi connectivity index (χ4v) is 3.14. The molecule has 0 atom stereocenters. The third-order valence-electron chi connectivity index (χ3n) is 4.69. The van der Waals surface area contributed by atoms with Crippen molar-refractivity contribution in [3.05, 3.63) is 77.4 Å². The van der Waals surface area contributed by atoms with Crippen LogP contribution in [0.3, 0.4) is 0 Å². The first kappa shape index (κ1) is 17.6. The van der Waals surface area contributed by atoms with Gasteiger partial charge in [-0.25, -0.2) is 0 Å². The van der Waals surface area contributed by atoms with Gasteiger partial charge in [0.2, 0.25) is 5.91 Å². The molecule has 0 N–H and O–H groups in total. The Hall–Kier alpha value is -3.19. The van der Waals surface area contributed by atoms with Crippen LogP contribution in [0.25, 0.3) is 6.08 Å². The highest BCUT2D eigenvalue weighted by atomic mass is 16.2. The molecule has 0 saturated carbocycles. The Morgan fingerprint density at radius 3 is 2.27 bits per heavy atom. The van der Waals surface area contributed by atoms with Gasteiger partial charge in [-0.05, 0) is 36.6 Å². The Labute approximate surface area is 153 Å². The molecule has 0 bridgehead atoms. The van der Waals surface area contributed by atoms with Crippen molar-refractivity contribution in [2.24, 2.45) is 5.92 Å². The van der Waals surface area contributed by atoms with Crippen molar-refractivity contribution >= 4 is 17.8 Å². The number of amides is 1. The van der Waals surface area contributed by atoms with Crippen molar-refractivity contribution in [2.75, 3.05) is 13.1 Å². The number of hydrogen-bond donors (Lipinski definition) is 0. The van der Waals surface area contributed by atoms with Crippen LogP contribution < -0.4 is 0 Å². The predicted molar refractivity (Wildman–Crippen MR) is 100 cm³/mol. The molecule has 1 saturated heterocycles. The van der Waals surface area contributed by atoms with Crippen LogP contribution in [0.2, 0.25) is 0 Å². The summed E-state index contributed by atoms with van der Waals surface area (Å²) in [4.78, 5) is 26.6. The zero-order valence-corrected chi connectivity index (χ0v) is 14.5. The van der Waals surface area contributed by atoms with Gasteiger partial charge in [0.05, 0.1) is 11.6 Å². The number of nitrogens with zero attached hydrogens (tertiary/aromatic N) is 2. The summed E-state index contributed by atoms with van der Waals surface area (Å²) in [5, 5.41) is 8.80. The van der Waals surface area contributed by atoms with E-state index in [1.807, 2.05) is 42.5 Å². The summed E-state index contributed by atoms with van der Waals surface area (Å²) < 4.78 is 0. The van der Waals surface area contributed by atoms with E-state index in [1.54, 1.807) is 29.2 Å². The molecule has 1 heterocycles. The fraction of sp³-hybridized carbons (Fsp3) is 0.227. The molecule has 26 heavy (non-hydrogen) atoms. The molecule has 3 rings (SSSR count). The molecule has 4 nitrogen and oxygen atoms in total. The summed E-state index contributed by atoms with van der Waals surface area (Å²) in [5.41, 5.74) is 2.23. The number of likely N-dealkylation sites (tertiary alicyclic amines) is 1. The Morgan fingerprint density at radius 1 is 1.00 bits per heavy atom. The first-order chi connectivity index (χ1) is 12.7. The van der Waals surface area contributed by atoms with Gasteiger partial charge in [-0.1, -0.05) is 42.5 Å². The van der Waals surface area contributed by atoms with Gasteiger partial charge in [-0.15, -0.1) is 0 Å². The highest BCUT2D eigenvalue weighted by Crippen LogP contribution is 2.22. The van der Waals surface area contributed by atoms with Gasteiger partial charge in [0.15, 0.2) is 5.78 Å². The van der Waals surface area contributed by atoms with E-state index in [2.05, 4.69) is 6.07 Å². The van der Waals surface area contributed by atoms with Gasteiger partial charge >= 0.3 is 0 Å². The summed E-state index contributed by atoms with van der Waals surface area (Å²) in [5.74, 6) is 0.120. The van der Waals surface area contributed by atoms with Gasteiger partial charge in [0, 0.05) is 30.6 Å². The van der Waals surface area contributed by atoms with Crippen molar-refractivity contribution < 1.29 is 9.59 Å². The lowest BCUT2D eigenvalue weighted by atomic mass is 9.89. The maximum absolute atomic E-state index is 12.5. The van der Waals surface area contributed by atoms with E-state index < -0.39 is 0 Å². The summed E-state index contributed by atoms with van der Waals surface area (Å²) >= 11 is 0. The number of carbonyl (C=O) groups excluding carboxylic acids is 2. The van der Waals surface area contributed by atoms with E-state index in [0.717, 1.165) is 11.1 Å². The average Bonchev–Trinajstić information content (AvgIpc) is 2.72. The standard InChI is InChI=1S/C22H20N2O2/c23-16-18-8-6-17(7-9-18)10-11-21(25)24-14-12-20(13-15-24)22(26)19-4-2-1-3-5-19/h1-11,20H,12-15H2/b11-10+. The molecular formula is C22H20N2O2. The first-order valence-corrected chi connectivity index (χ1v) is 8.74. The van der Waals surface area contributed by atoms with Gasteiger partial charge in [0.1, 0.15) is 0 Å². The average molecular weight is 344 g/mol. The van der Waals surface area contributed by atoms with Crippen molar-refractivity contribution in [3.8, 4) is 6.07 Å². The highest BCUT2D eigenvalue weighted by molar-refractivity contribution is 5.98. The smallest absolute Gasteiger partial charge is 0.246 e. The van der Waals surface area contributed by atoms with Crippen molar-refractivity contribution in [2.45, 2.75) is 12.8 Å². The van der Waals surface area contributed by atoms with E-state index in [9.17, 15) is 9.59 Å². The predicted octanol–water partition coefficient (Wildman–Crippen LogP) is 3.69. The second-order valence-electron chi connectivity index (χ2n) is 6.40. The maximum Gasteiger partial charge on any atom is 0.246 e. The summed E-state index contributed by atoms with van der Waals surface area (Å²) in [7, 11) is 0. The van der Waals surface area contributed by atoms with Crippen molar-refractivity contribution in [1.29, 1.82) is 5.26 Å². The zero-order valence-electron chi connectivity index (χ0n) is 14.5. The van der Waals surface area contributed by atoms with E-state index in [1.165, 1.54) is 0 Å². The lowest BCUT2D eigenvalue weighted by Crippen LogP contribution is -2.39. The molecule has 1 fully saturated rings. The summed E-state index contributed by atoms with van der Waals surface area (Å²) in [6.45, 7) is 1.19. The van der Waals surface area contributed by atoms with Crippen LogP contribution in [0.4, 0.5) is 0 Å². The quantitative estimate of drug-likeness (QED) is 0.628. The zero-order chi connectivity index (χ0) is 18.4. The SMILES string of the molecule is N#Cc1ccc(/C=C/C(=O)N2CCC(C(=O)c3ccccc3)CC2)cc1. The Morgan fingerprint density at radius 2 is 1.65 bits per heavy atom. The van der Waals surface area contributed by atoms with E-state index in [-0.39, 0.29) is 17.6 Å². The molecule has 130 valence electrons. The number of Topliss-reactive ketones (excluding diaryl/α,β-unsaturated/α-hetero) is 1. The number of nitriles is 1. The fourth-order valence-electron chi connectivity index (χ4n) is 3.14. The molecule has 2 aromatic carbocycles. The second kappa shape index (κ2) is 8.26. The molecule has 0 aromatic heterocycles. The van der Waals surface area contributed by atoms with Crippen molar-refractivity contribution in [3.63, 3.8) is 0 Å². The first-order valence-electron chi connectivity index (χ1n) is 8.74. The molecule has 0 spiro atoms. The van der Waals surface area contributed by atoms with Gasteiger partial charge in [-0.3, -0.25) is 9.59 Å². The Bertz CT molecular complexity index is 840. The van der Waals surface area contributed by atoms with Gasteiger partial charge < -0.3 is 4.90 Å². The van der Waals surface area contributed by atoms with Crippen LogP contribution in [0.15, 0.2) is 60.7 Å². The number of carbonyl (C=O) groups is 2. The topological polar surface area (TPSA) is 61.2 Å². The molecule has 1 aliphatic rings. The van der Waals surface area contributed by atoms with Crippen LogP contribution >= 0.6 is 0 Å².